The van der Waals surface area contributed by atoms with Gasteiger partial charge in [-0.25, -0.2) is 9.59 Å². The quantitative estimate of drug-likeness (QED) is 0.174. The minimum atomic E-state index is -1.03. The molecule has 1 atom stereocenters. The monoisotopic (exact) mass is 501 g/mol. The summed E-state index contributed by atoms with van der Waals surface area (Å²) in [7, 11) is 2.61. The number of unbranched alkanes of at least 4 members (excludes halogenated alkanes) is 2. The van der Waals surface area contributed by atoms with E-state index in [0.29, 0.717) is 37.1 Å². The first kappa shape index (κ1) is 28.1. The summed E-state index contributed by atoms with van der Waals surface area (Å²) in [5, 5.41) is 16.4. The minimum absolute atomic E-state index is 0.0295. The lowest BCUT2D eigenvalue weighted by molar-refractivity contribution is -0.384. The Kier molecular flexibility index (Phi) is 11.7. The second-order valence-electron chi connectivity index (χ2n) is 7.90. The van der Waals surface area contributed by atoms with Gasteiger partial charge in [-0.3, -0.25) is 14.9 Å². The number of carbonyl (C=O) groups excluding carboxylic acids is 3. The molecule has 36 heavy (non-hydrogen) atoms. The normalized spacial score (nSPS) is 11.2. The van der Waals surface area contributed by atoms with Crippen LogP contribution >= 0.6 is 0 Å². The van der Waals surface area contributed by atoms with Gasteiger partial charge >= 0.3 is 12.1 Å². The molecule has 11 nitrogen and oxygen atoms in total. The van der Waals surface area contributed by atoms with Gasteiger partial charge in [-0.1, -0.05) is 36.8 Å². The summed E-state index contributed by atoms with van der Waals surface area (Å²) in [6, 6.07) is 12.4. The average molecular weight is 502 g/mol. The maximum absolute atomic E-state index is 12.4. The molecule has 0 fully saturated rings. The Morgan fingerprint density at radius 1 is 1.03 bits per heavy atom. The van der Waals surface area contributed by atoms with Crippen molar-refractivity contribution in [1.82, 2.24) is 10.6 Å². The predicted octanol–water partition coefficient (Wildman–Crippen LogP) is 3.29. The number of methoxy groups -OCH3 is 2. The van der Waals surface area contributed by atoms with Gasteiger partial charge in [-0.15, -0.1) is 0 Å². The number of hydrogen-bond acceptors (Lipinski definition) is 8. The number of hydrogen-bond donors (Lipinski definition) is 2. The molecule has 0 unspecified atom stereocenters. The van der Waals surface area contributed by atoms with E-state index in [2.05, 4.69) is 10.6 Å². The largest absolute Gasteiger partial charge is 0.496 e. The highest BCUT2D eigenvalue weighted by Crippen LogP contribution is 2.25. The van der Waals surface area contributed by atoms with Crippen LogP contribution in [0.4, 0.5) is 10.5 Å². The number of esters is 1. The third-order valence-corrected chi connectivity index (χ3v) is 5.28. The van der Waals surface area contributed by atoms with E-state index >= 15 is 0 Å². The van der Waals surface area contributed by atoms with E-state index in [0.717, 1.165) is 5.56 Å². The fraction of sp³-hybridized carbons (Fsp3) is 0.400. The highest BCUT2D eigenvalue weighted by Gasteiger charge is 2.24. The first-order valence-corrected chi connectivity index (χ1v) is 11.5. The van der Waals surface area contributed by atoms with E-state index in [4.69, 9.17) is 14.2 Å². The number of alkyl carbamates (subject to hydrolysis) is 1. The van der Waals surface area contributed by atoms with Crippen molar-refractivity contribution in [3.63, 3.8) is 0 Å². The Labute approximate surface area is 209 Å². The summed E-state index contributed by atoms with van der Waals surface area (Å²) in [4.78, 5) is 46.9. The van der Waals surface area contributed by atoms with Crippen LogP contribution in [0.3, 0.4) is 0 Å². The fourth-order valence-corrected chi connectivity index (χ4v) is 3.41. The molecular weight excluding hydrogens is 470 g/mol. The molecule has 2 rings (SSSR count). The van der Waals surface area contributed by atoms with E-state index in [9.17, 15) is 24.5 Å². The van der Waals surface area contributed by atoms with Crippen LogP contribution < -0.4 is 15.4 Å². The number of amides is 2. The lowest BCUT2D eigenvalue weighted by atomic mass is 10.0. The van der Waals surface area contributed by atoms with Crippen molar-refractivity contribution < 1.29 is 33.5 Å². The first-order chi connectivity index (χ1) is 17.3. The maximum atomic E-state index is 12.4. The van der Waals surface area contributed by atoms with Gasteiger partial charge < -0.3 is 24.8 Å². The maximum Gasteiger partial charge on any atom is 0.407 e. The molecule has 2 amide bonds. The summed E-state index contributed by atoms with van der Waals surface area (Å²) in [6.07, 6.45) is 1.50. The van der Waals surface area contributed by atoms with Gasteiger partial charge in [-0.05, 0) is 24.5 Å². The first-order valence-electron chi connectivity index (χ1n) is 11.5. The van der Waals surface area contributed by atoms with Crippen LogP contribution in [0.15, 0.2) is 48.5 Å². The van der Waals surface area contributed by atoms with Crippen LogP contribution in [-0.4, -0.2) is 49.7 Å². The Bertz CT molecular complexity index is 1030. The van der Waals surface area contributed by atoms with Crippen molar-refractivity contribution in [1.29, 1.82) is 0 Å². The third kappa shape index (κ3) is 9.61. The average Bonchev–Trinajstić information content (AvgIpc) is 2.89. The number of nitro groups is 1. The van der Waals surface area contributed by atoms with Gasteiger partial charge in [0, 0.05) is 37.1 Å². The number of non-ortho nitro benzene ring substituents is 1. The van der Waals surface area contributed by atoms with Crippen molar-refractivity contribution in [2.75, 3.05) is 20.8 Å². The molecule has 194 valence electrons. The molecule has 0 bridgehead atoms. The van der Waals surface area contributed by atoms with Crippen molar-refractivity contribution in [3.05, 3.63) is 69.8 Å². The van der Waals surface area contributed by atoms with E-state index in [1.165, 1.54) is 32.4 Å². The van der Waals surface area contributed by atoms with Crippen molar-refractivity contribution in [3.8, 4) is 5.75 Å². The summed E-state index contributed by atoms with van der Waals surface area (Å²) in [5.41, 5.74) is 1.14. The van der Waals surface area contributed by atoms with Gasteiger partial charge in [0.05, 0.1) is 19.1 Å². The topological polar surface area (TPSA) is 146 Å². The van der Waals surface area contributed by atoms with Crippen LogP contribution in [0.25, 0.3) is 0 Å². The summed E-state index contributed by atoms with van der Waals surface area (Å²) in [5.74, 6) is -0.668. The minimum Gasteiger partial charge on any atom is -0.496 e. The van der Waals surface area contributed by atoms with Gasteiger partial charge in [0.15, 0.2) is 0 Å². The summed E-state index contributed by atoms with van der Waals surface area (Å²) >= 11 is 0. The van der Waals surface area contributed by atoms with E-state index in [1.54, 1.807) is 0 Å². The Morgan fingerprint density at radius 3 is 2.44 bits per heavy atom. The molecule has 0 saturated carbocycles. The molecular formula is C25H31N3O8. The smallest absolute Gasteiger partial charge is 0.407 e. The number of rotatable bonds is 14. The number of nitrogens with one attached hydrogen (secondary N) is 2. The molecule has 11 heteroatoms. The molecule has 0 heterocycles. The van der Waals surface area contributed by atoms with Gasteiger partial charge in [-0.2, -0.15) is 0 Å². The van der Waals surface area contributed by atoms with Crippen molar-refractivity contribution >= 4 is 23.7 Å². The summed E-state index contributed by atoms with van der Waals surface area (Å²) in [6.45, 7) is 0.600. The highest BCUT2D eigenvalue weighted by molar-refractivity contribution is 5.84. The third-order valence-electron chi connectivity index (χ3n) is 5.28. The standard InChI is InChI=1S/C25H31N3O8/c1-34-22-13-12-20(28(32)33)15-19(22)16-21(24(30)35-2)27-23(29)11-7-4-8-14-26-25(31)36-17-18-9-5-3-6-10-18/h3,5-6,9-10,12-13,15,21H,4,7-8,11,14,16-17H2,1-2H3,(H,26,31)(H,27,29)/t21-/m1/s1. The number of carbonyl (C=O) groups is 3. The highest BCUT2D eigenvalue weighted by atomic mass is 16.6. The van der Waals surface area contributed by atoms with Gasteiger partial charge in [0.25, 0.3) is 5.69 Å². The van der Waals surface area contributed by atoms with Gasteiger partial charge in [0.1, 0.15) is 18.4 Å². The number of benzene rings is 2. The van der Waals surface area contributed by atoms with Crippen LogP contribution in [0, 0.1) is 10.1 Å². The zero-order chi connectivity index (χ0) is 26.3. The van der Waals surface area contributed by atoms with E-state index in [1.807, 2.05) is 30.3 Å². The second-order valence-corrected chi connectivity index (χ2v) is 7.90. The van der Waals surface area contributed by atoms with E-state index < -0.39 is 23.0 Å². The molecule has 0 saturated heterocycles. The predicted molar refractivity (Wildman–Crippen MR) is 130 cm³/mol. The zero-order valence-corrected chi connectivity index (χ0v) is 20.4. The fourth-order valence-electron chi connectivity index (χ4n) is 3.41. The Hall–Kier alpha value is -4.15. The second kappa shape index (κ2) is 15.0. The molecule has 0 radical (unpaired) electrons. The van der Waals surface area contributed by atoms with Crippen molar-refractivity contribution in [2.45, 2.75) is 44.8 Å². The lowest BCUT2D eigenvalue weighted by Crippen LogP contribution is -2.43. The Balaban J connectivity index is 1.74. The SMILES string of the molecule is COC(=O)[C@@H](Cc1cc([N+](=O)[O-])ccc1OC)NC(=O)CCCCCNC(=O)OCc1ccccc1. The van der Waals surface area contributed by atoms with Crippen LogP contribution in [0.2, 0.25) is 0 Å². The molecule has 0 aromatic heterocycles. The number of nitrogens with zero attached hydrogens (tertiary/aromatic N) is 1. The van der Waals surface area contributed by atoms with Crippen LogP contribution in [0.5, 0.6) is 5.75 Å². The molecule has 2 aromatic rings. The van der Waals surface area contributed by atoms with Crippen LogP contribution in [0.1, 0.15) is 36.8 Å². The number of nitro benzene ring substituents is 1. The molecule has 2 N–H and O–H groups in total. The zero-order valence-electron chi connectivity index (χ0n) is 20.4. The molecule has 0 spiro atoms. The molecule has 0 aliphatic heterocycles. The molecule has 0 aliphatic rings. The molecule has 2 aromatic carbocycles. The lowest BCUT2D eigenvalue weighted by Gasteiger charge is -2.18. The Morgan fingerprint density at radius 2 is 1.78 bits per heavy atom. The van der Waals surface area contributed by atoms with Crippen molar-refractivity contribution in [2.24, 2.45) is 0 Å². The summed E-state index contributed by atoms with van der Waals surface area (Å²) < 4.78 is 15.1. The van der Waals surface area contributed by atoms with Crippen LogP contribution in [-0.2, 0) is 32.1 Å². The number of ether oxygens (including phenoxy) is 3. The molecule has 0 aliphatic carbocycles. The van der Waals surface area contributed by atoms with E-state index in [-0.39, 0.29) is 31.0 Å². The van der Waals surface area contributed by atoms with Gasteiger partial charge in [0.2, 0.25) is 5.91 Å².